The van der Waals surface area contributed by atoms with Gasteiger partial charge in [0.1, 0.15) is 18.4 Å². The van der Waals surface area contributed by atoms with Crippen molar-refractivity contribution in [1.82, 2.24) is 30.3 Å². The number of aromatic amines is 1. The number of carbonyl (C=O) groups excluding carboxylic acids is 4. The average Bonchev–Trinajstić information content (AvgIpc) is 3.58. The van der Waals surface area contributed by atoms with Gasteiger partial charge in [-0.2, -0.15) is 0 Å². The topological polar surface area (TPSA) is 164 Å². The molecule has 1 aromatic heterocycles. The average molecular weight is 591 g/mol. The van der Waals surface area contributed by atoms with E-state index in [4.69, 9.17) is 4.74 Å². The summed E-state index contributed by atoms with van der Waals surface area (Å²) in [5.74, 6) is -1.23. The van der Waals surface area contributed by atoms with E-state index in [0.29, 0.717) is 17.7 Å². The molecule has 226 valence electrons. The summed E-state index contributed by atoms with van der Waals surface area (Å²) in [6.07, 6.45) is 0.974. The predicted molar refractivity (Wildman–Crippen MR) is 156 cm³/mol. The lowest BCUT2D eigenvalue weighted by molar-refractivity contribution is -0.141. The maximum Gasteiger partial charge on any atom is 0.405 e. The molecule has 4 N–H and O–H groups in total. The molecule has 13 nitrogen and oxygen atoms in total. The fourth-order valence-electron chi connectivity index (χ4n) is 5.67. The summed E-state index contributed by atoms with van der Waals surface area (Å²) in [5.41, 5.74) is 2.10. The Morgan fingerprint density at radius 1 is 1.02 bits per heavy atom. The maximum absolute atomic E-state index is 13.5. The number of para-hydroxylation sites is 1. The van der Waals surface area contributed by atoms with Crippen LogP contribution in [0.4, 0.5) is 4.79 Å². The zero-order valence-electron chi connectivity index (χ0n) is 23.9. The van der Waals surface area contributed by atoms with Crippen molar-refractivity contribution in [3.8, 4) is 5.75 Å². The normalized spacial score (nSPS) is 21.6. The van der Waals surface area contributed by atoms with Gasteiger partial charge in [-0.15, -0.1) is 0 Å². The number of hydrogen-bond donors (Lipinski definition) is 4. The molecule has 43 heavy (non-hydrogen) atoms. The highest BCUT2D eigenvalue weighted by Crippen LogP contribution is 2.23. The van der Waals surface area contributed by atoms with Crippen LogP contribution in [-0.2, 0) is 20.8 Å². The summed E-state index contributed by atoms with van der Waals surface area (Å²) >= 11 is 0. The van der Waals surface area contributed by atoms with Gasteiger partial charge in [-0.25, -0.2) is 4.79 Å². The Labute approximate surface area is 247 Å². The second-order valence-electron chi connectivity index (χ2n) is 11.0. The molecule has 3 aromatic rings. The van der Waals surface area contributed by atoms with E-state index in [1.54, 1.807) is 29.2 Å². The third-order valence-corrected chi connectivity index (χ3v) is 7.80. The molecule has 5 rings (SSSR count). The number of carbonyl (C=O) groups is 5. The van der Waals surface area contributed by atoms with E-state index in [0.717, 1.165) is 21.4 Å². The minimum atomic E-state index is -1.43. The van der Waals surface area contributed by atoms with Crippen molar-refractivity contribution < 1.29 is 33.8 Å². The number of fused-ring (bicyclic) bond motifs is 4. The van der Waals surface area contributed by atoms with E-state index in [9.17, 15) is 29.1 Å². The third-order valence-electron chi connectivity index (χ3n) is 7.80. The highest BCUT2D eigenvalue weighted by molar-refractivity contribution is 5.95. The number of nitrogens with zero attached hydrogens (tertiary/aromatic N) is 3. The number of H-pyrrole nitrogens is 1. The minimum Gasteiger partial charge on any atom is -0.491 e. The second-order valence-corrected chi connectivity index (χ2v) is 11.0. The molecule has 13 heteroatoms. The lowest BCUT2D eigenvalue weighted by atomic mass is 10.1. The van der Waals surface area contributed by atoms with Gasteiger partial charge in [-0.05, 0) is 36.2 Å². The van der Waals surface area contributed by atoms with Gasteiger partial charge in [-0.1, -0.05) is 24.3 Å². The fourth-order valence-corrected chi connectivity index (χ4v) is 5.67. The number of hydrogen-bond acceptors (Lipinski definition) is 6. The number of benzene rings is 2. The van der Waals surface area contributed by atoms with Crippen molar-refractivity contribution in [3.05, 3.63) is 65.9 Å². The fraction of sp³-hybridized carbons (Fsp3) is 0.367. The molecule has 0 unspecified atom stereocenters. The second kappa shape index (κ2) is 12.4. The number of amides is 5. The first-order chi connectivity index (χ1) is 20.6. The molecule has 1 saturated heterocycles. The smallest absolute Gasteiger partial charge is 0.405 e. The van der Waals surface area contributed by atoms with Crippen LogP contribution in [0.5, 0.6) is 5.75 Å². The van der Waals surface area contributed by atoms with Crippen LogP contribution in [0.2, 0.25) is 0 Å². The van der Waals surface area contributed by atoms with Gasteiger partial charge in [0.05, 0.1) is 25.6 Å². The van der Waals surface area contributed by atoms with Gasteiger partial charge < -0.3 is 40.2 Å². The van der Waals surface area contributed by atoms with Gasteiger partial charge in [0.2, 0.25) is 17.7 Å². The Hall–Kier alpha value is -5.07. The molecule has 5 amide bonds. The Morgan fingerprint density at radius 2 is 1.81 bits per heavy atom. The maximum atomic E-state index is 13.5. The Bertz CT molecular complexity index is 1550. The minimum absolute atomic E-state index is 0.106. The lowest BCUT2D eigenvalue weighted by Crippen LogP contribution is -2.55. The number of nitrogens with one attached hydrogen (secondary N) is 3. The van der Waals surface area contributed by atoms with Gasteiger partial charge in [-0.3, -0.25) is 19.2 Å². The van der Waals surface area contributed by atoms with Crippen LogP contribution in [-0.4, -0.2) is 113 Å². The van der Waals surface area contributed by atoms with Crippen LogP contribution in [0.25, 0.3) is 10.9 Å². The zero-order valence-corrected chi connectivity index (χ0v) is 23.9. The summed E-state index contributed by atoms with van der Waals surface area (Å²) in [5, 5.41) is 15.5. The standard InChI is InChI=1S/C30H34N6O7/c1-34-15-25(33-30(41)42)29(40)35(2)16-27(38)36-14-20(12-21(36)17-43-22-7-5-6-18(10-22)28(34)39)32-26(37)11-19-13-31-24-9-4-3-8-23(19)24/h3-10,13,20-21,25,31,33H,11-12,14-17H2,1-2H3,(H,32,37)(H,41,42)/t20-,21-,25-/m0/s1. The SMILES string of the molecule is CN1C[C@H](NC(=O)O)C(=O)N(C)CC(=O)N2C[C@@H](NC(=O)Cc3c[nH]c4ccccc34)C[C@H]2COc2cccc(c2)C1=O. The summed E-state index contributed by atoms with van der Waals surface area (Å²) in [6.45, 7) is -0.250. The molecule has 0 radical (unpaired) electrons. The van der Waals surface area contributed by atoms with Gasteiger partial charge in [0.25, 0.3) is 5.91 Å². The van der Waals surface area contributed by atoms with Gasteiger partial charge >= 0.3 is 6.09 Å². The van der Waals surface area contributed by atoms with E-state index in [1.807, 2.05) is 30.5 Å². The van der Waals surface area contributed by atoms with Crippen molar-refractivity contribution >= 4 is 40.6 Å². The van der Waals surface area contributed by atoms with E-state index < -0.39 is 30.0 Å². The molecular weight excluding hydrogens is 556 g/mol. The van der Waals surface area contributed by atoms with Gasteiger partial charge in [0, 0.05) is 49.3 Å². The molecule has 2 bridgehead atoms. The number of likely N-dealkylation sites (N-methyl/N-ethyl adjacent to an activating group) is 2. The monoisotopic (exact) mass is 590 g/mol. The predicted octanol–water partition coefficient (Wildman–Crippen LogP) is 1.06. The molecule has 3 heterocycles. The molecule has 2 aliphatic rings. The quantitative estimate of drug-likeness (QED) is 0.353. The van der Waals surface area contributed by atoms with Gasteiger partial charge in [0.15, 0.2) is 0 Å². The molecule has 2 aromatic carbocycles. The summed E-state index contributed by atoms with van der Waals surface area (Å²) < 4.78 is 6.02. The molecular formula is C30H34N6O7. The summed E-state index contributed by atoms with van der Waals surface area (Å²) in [4.78, 5) is 71.5. The van der Waals surface area contributed by atoms with E-state index in [1.165, 1.54) is 19.0 Å². The van der Waals surface area contributed by atoms with Crippen LogP contribution in [0, 0.1) is 0 Å². The van der Waals surface area contributed by atoms with E-state index in [-0.39, 0.29) is 50.5 Å². The summed E-state index contributed by atoms with van der Waals surface area (Å²) in [6, 6.07) is 12.2. The number of carboxylic acid groups (broad SMARTS) is 1. The van der Waals surface area contributed by atoms with Crippen LogP contribution in [0.15, 0.2) is 54.7 Å². The van der Waals surface area contributed by atoms with Crippen molar-refractivity contribution in [2.75, 3.05) is 40.3 Å². The van der Waals surface area contributed by atoms with Crippen LogP contribution < -0.4 is 15.4 Å². The van der Waals surface area contributed by atoms with E-state index >= 15 is 0 Å². The number of ether oxygens (including phenoxy) is 1. The van der Waals surface area contributed by atoms with Crippen LogP contribution in [0.1, 0.15) is 22.3 Å². The number of rotatable bonds is 4. The van der Waals surface area contributed by atoms with Crippen LogP contribution in [0.3, 0.4) is 0 Å². The largest absolute Gasteiger partial charge is 0.491 e. The molecule has 0 spiro atoms. The summed E-state index contributed by atoms with van der Waals surface area (Å²) in [7, 11) is 2.87. The Balaban J connectivity index is 1.35. The van der Waals surface area contributed by atoms with Crippen molar-refractivity contribution in [2.24, 2.45) is 0 Å². The molecule has 0 saturated carbocycles. The number of aromatic nitrogens is 1. The first kappa shape index (κ1) is 29.4. The third kappa shape index (κ3) is 6.71. The Kier molecular flexibility index (Phi) is 8.51. The van der Waals surface area contributed by atoms with Crippen LogP contribution >= 0.6 is 0 Å². The van der Waals surface area contributed by atoms with Crippen molar-refractivity contribution in [2.45, 2.75) is 31.0 Å². The Morgan fingerprint density at radius 3 is 2.60 bits per heavy atom. The highest BCUT2D eigenvalue weighted by Gasteiger charge is 2.38. The first-order valence-electron chi connectivity index (χ1n) is 14.0. The highest BCUT2D eigenvalue weighted by atomic mass is 16.5. The molecule has 3 atom stereocenters. The lowest BCUT2D eigenvalue weighted by Gasteiger charge is -2.29. The molecule has 1 fully saturated rings. The van der Waals surface area contributed by atoms with Crippen molar-refractivity contribution in [3.63, 3.8) is 0 Å². The zero-order chi connectivity index (χ0) is 30.7. The molecule has 0 aliphatic carbocycles. The first-order valence-corrected chi connectivity index (χ1v) is 14.0. The van der Waals surface area contributed by atoms with E-state index in [2.05, 4.69) is 15.6 Å². The van der Waals surface area contributed by atoms with Crippen molar-refractivity contribution in [1.29, 1.82) is 0 Å². The molecule has 2 aliphatic heterocycles.